The molecule has 0 aliphatic carbocycles. The maximum Gasteiger partial charge on any atom is 0.271 e. The van der Waals surface area contributed by atoms with Crippen LogP contribution in [0.15, 0.2) is 12.5 Å². The minimum atomic E-state index is -0.140. The van der Waals surface area contributed by atoms with Crippen LogP contribution in [-0.2, 0) is 6.54 Å². The molecule has 0 aromatic carbocycles. The smallest absolute Gasteiger partial charge is 0.271 e. The van der Waals surface area contributed by atoms with E-state index in [9.17, 15) is 4.79 Å². The number of carbonyl (C=O) groups is 1. The van der Waals surface area contributed by atoms with Gasteiger partial charge in [0.25, 0.3) is 5.91 Å². The van der Waals surface area contributed by atoms with Crippen molar-refractivity contribution in [3.8, 4) is 0 Å². The fraction of sp³-hybridized carbons (Fsp3) is 0.500. The highest BCUT2D eigenvalue weighted by molar-refractivity contribution is 5.91. The summed E-state index contributed by atoms with van der Waals surface area (Å²) in [6.07, 6.45) is 3.30. The molecule has 1 heterocycles. The van der Waals surface area contributed by atoms with Crippen molar-refractivity contribution < 1.29 is 4.79 Å². The van der Waals surface area contributed by atoms with Crippen molar-refractivity contribution in [1.82, 2.24) is 14.9 Å². The fourth-order valence-electron chi connectivity index (χ4n) is 1.000. The molecular formula is C8H14N4O. The van der Waals surface area contributed by atoms with Gasteiger partial charge in [0.2, 0.25) is 0 Å². The molecule has 0 spiro atoms. The van der Waals surface area contributed by atoms with Crippen molar-refractivity contribution in [3.63, 3.8) is 0 Å². The fourth-order valence-corrected chi connectivity index (χ4v) is 1.000. The second kappa shape index (κ2) is 4.61. The zero-order valence-corrected chi connectivity index (χ0v) is 7.66. The summed E-state index contributed by atoms with van der Waals surface area (Å²) in [5, 5.41) is 2.67. The van der Waals surface area contributed by atoms with Crippen molar-refractivity contribution in [2.75, 3.05) is 13.1 Å². The number of nitrogens with zero attached hydrogens (tertiary/aromatic N) is 2. The molecule has 0 bridgehead atoms. The number of imidazole rings is 1. The van der Waals surface area contributed by atoms with Crippen molar-refractivity contribution in [1.29, 1.82) is 0 Å². The first kappa shape index (κ1) is 9.73. The summed E-state index contributed by atoms with van der Waals surface area (Å²) in [6, 6.07) is 0. The summed E-state index contributed by atoms with van der Waals surface area (Å²) in [6.45, 7) is 3.72. The standard InChI is InChI=1S/C8H14N4O/c1-2-10-8(13)7-5-12(4-3-9)6-11-7/h5-6H,2-4,9H2,1H3,(H,10,13). The molecule has 72 valence electrons. The summed E-state index contributed by atoms with van der Waals surface area (Å²) in [4.78, 5) is 15.2. The molecule has 0 atom stereocenters. The SMILES string of the molecule is CCNC(=O)c1cn(CCN)cn1. The molecule has 5 nitrogen and oxygen atoms in total. The molecule has 1 aromatic heterocycles. The molecule has 0 saturated carbocycles. The Bertz CT molecular complexity index is 281. The van der Waals surface area contributed by atoms with E-state index < -0.39 is 0 Å². The number of aromatic nitrogens is 2. The first-order chi connectivity index (χ1) is 6.27. The Hall–Kier alpha value is -1.36. The van der Waals surface area contributed by atoms with Gasteiger partial charge in [-0.05, 0) is 6.92 Å². The van der Waals surface area contributed by atoms with Crippen LogP contribution in [0, 0.1) is 0 Å². The Kier molecular flexibility index (Phi) is 3.45. The molecule has 0 fully saturated rings. The molecular weight excluding hydrogens is 168 g/mol. The molecule has 0 aliphatic rings. The Balaban J connectivity index is 2.62. The van der Waals surface area contributed by atoms with E-state index in [2.05, 4.69) is 10.3 Å². The third-order valence-corrected chi connectivity index (χ3v) is 1.59. The third kappa shape index (κ3) is 2.55. The lowest BCUT2D eigenvalue weighted by Crippen LogP contribution is -2.22. The van der Waals surface area contributed by atoms with Gasteiger partial charge in [0.05, 0.1) is 6.33 Å². The lowest BCUT2D eigenvalue weighted by atomic mass is 10.4. The van der Waals surface area contributed by atoms with Crippen LogP contribution < -0.4 is 11.1 Å². The van der Waals surface area contributed by atoms with Crippen LogP contribution >= 0.6 is 0 Å². The molecule has 0 saturated heterocycles. The largest absolute Gasteiger partial charge is 0.351 e. The van der Waals surface area contributed by atoms with Gasteiger partial charge in [-0.15, -0.1) is 0 Å². The average molecular weight is 182 g/mol. The predicted octanol–water partition coefficient (Wildman–Crippen LogP) is -0.408. The van der Waals surface area contributed by atoms with Crippen molar-refractivity contribution >= 4 is 5.91 Å². The van der Waals surface area contributed by atoms with Crippen LogP contribution in [0.3, 0.4) is 0 Å². The summed E-state index contributed by atoms with van der Waals surface area (Å²) in [7, 11) is 0. The van der Waals surface area contributed by atoms with Crippen molar-refractivity contribution in [2.24, 2.45) is 5.73 Å². The highest BCUT2D eigenvalue weighted by Gasteiger charge is 2.06. The molecule has 0 aliphatic heterocycles. The average Bonchev–Trinajstić information content (AvgIpc) is 2.54. The maximum atomic E-state index is 11.2. The van der Waals surface area contributed by atoms with Crippen LogP contribution in [0.2, 0.25) is 0 Å². The first-order valence-electron chi connectivity index (χ1n) is 4.28. The van der Waals surface area contributed by atoms with E-state index in [4.69, 9.17) is 5.73 Å². The summed E-state index contributed by atoms with van der Waals surface area (Å²) >= 11 is 0. The van der Waals surface area contributed by atoms with Gasteiger partial charge in [-0.1, -0.05) is 0 Å². The van der Waals surface area contributed by atoms with Gasteiger partial charge < -0.3 is 15.6 Å². The van der Waals surface area contributed by atoms with Gasteiger partial charge >= 0.3 is 0 Å². The van der Waals surface area contributed by atoms with E-state index in [-0.39, 0.29) is 5.91 Å². The van der Waals surface area contributed by atoms with Gasteiger partial charge in [0, 0.05) is 25.8 Å². The van der Waals surface area contributed by atoms with E-state index in [1.54, 1.807) is 17.1 Å². The molecule has 0 radical (unpaired) electrons. The lowest BCUT2D eigenvalue weighted by molar-refractivity contribution is 0.0951. The molecule has 5 heteroatoms. The summed E-state index contributed by atoms with van der Waals surface area (Å²) < 4.78 is 1.80. The molecule has 0 unspecified atom stereocenters. The minimum absolute atomic E-state index is 0.140. The van der Waals surface area contributed by atoms with E-state index >= 15 is 0 Å². The highest BCUT2D eigenvalue weighted by Crippen LogP contribution is 1.95. The molecule has 1 rings (SSSR count). The number of rotatable bonds is 4. The number of hydrogen-bond donors (Lipinski definition) is 2. The third-order valence-electron chi connectivity index (χ3n) is 1.59. The number of hydrogen-bond acceptors (Lipinski definition) is 3. The zero-order chi connectivity index (χ0) is 9.68. The number of nitrogens with one attached hydrogen (secondary N) is 1. The molecule has 13 heavy (non-hydrogen) atoms. The van der Waals surface area contributed by atoms with Gasteiger partial charge in [0.1, 0.15) is 5.69 Å². The minimum Gasteiger partial charge on any atom is -0.351 e. The van der Waals surface area contributed by atoms with Crippen LogP contribution in [0.25, 0.3) is 0 Å². The quantitative estimate of drug-likeness (QED) is 0.665. The van der Waals surface area contributed by atoms with Crippen LogP contribution in [0.4, 0.5) is 0 Å². The molecule has 1 aromatic rings. The first-order valence-corrected chi connectivity index (χ1v) is 4.28. The number of carbonyl (C=O) groups excluding carboxylic acids is 1. The van der Waals surface area contributed by atoms with Crippen LogP contribution in [0.5, 0.6) is 0 Å². The lowest BCUT2D eigenvalue weighted by Gasteiger charge is -1.97. The predicted molar refractivity (Wildman–Crippen MR) is 49.3 cm³/mol. The van der Waals surface area contributed by atoms with Crippen molar-refractivity contribution in [2.45, 2.75) is 13.5 Å². The summed E-state index contributed by atoms with van der Waals surface area (Å²) in [5.41, 5.74) is 5.80. The molecule has 3 N–H and O–H groups in total. The second-order valence-electron chi connectivity index (χ2n) is 2.64. The van der Waals surface area contributed by atoms with E-state index in [0.29, 0.717) is 25.3 Å². The van der Waals surface area contributed by atoms with Crippen molar-refractivity contribution in [3.05, 3.63) is 18.2 Å². The number of nitrogens with two attached hydrogens (primary N) is 1. The highest BCUT2D eigenvalue weighted by atomic mass is 16.1. The Labute approximate surface area is 76.9 Å². The van der Waals surface area contributed by atoms with Gasteiger partial charge in [-0.3, -0.25) is 4.79 Å². The monoisotopic (exact) mass is 182 g/mol. The van der Waals surface area contributed by atoms with E-state index in [0.717, 1.165) is 0 Å². The Morgan fingerprint density at radius 2 is 2.54 bits per heavy atom. The van der Waals surface area contributed by atoms with Gasteiger partial charge in [-0.25, -0.2) is 4.98 Å². The summed E-state index contributed by atoms with van der Waals surface area (Å²) in [5.74, 6) is -0.140. The van der Waals surface area contributed by atoms with Crippen LogP contribution in [0.1, 0.15) is 17.4 Å². The Morgan fingerprint density at radius 1 is 1.77 bits per heavy atom. The molecule has 1 amide bonds. The Morgan fingerprint density at radius 3 is 3.15 bits per heavy atom. The van der Waals surface area contributed by atoms with E-state index in [1.165, 1.54) is 0 Å². The zero-order valence-electron chi connectivity index (χ0n) is 7.66. The van der Waals surface area contributed by atoms with E-state index in [1.807, 2.05) is 6.92 Å². The number of amides is 1. The second-order valence-corrected chi connectivity index (χ2v) is 2.64. The normalized spacial score (nSPS) is 10.0. The van der Waals surface area contributed by atoms with Gasteiger partial charge in [-0.2, -0.15) is 0 Å². The topological polar surface area (TPSA) is 72.9 Å². The van der Waals surface area contributed by atoms with Gasteiger partial charge in [0.15, 0.2) is 0 Å². The van der Waals surface area contributed by atoms with Crippen LogP contribution in [-0.4, -0.2) is 28.5 Å². The maximum absolute atomic E-state index is 11.2.